The third kappa shape index (κ3) is 4.31. The van der Waals surface area contributed by atoms with E-state index in [1.165, 1.54) is 0 Å². The predicted molar refractivity (Wildman–Crippen MR) is 67.4 cm³/mol. The summed E-state index contributed by atoms with van der Waals surface area (Å²) < 4.78 is 0. The number of aliphatic hydroxyl groups excluding tert-OH is 1. The van der Waals surface area contributed by atoms with Crippen molar-refractivity contribution < 1.29 is 5.11 Å². The SMILES string of the molecule is Cc1cc(C(O)CCC(C)(C)C)cc(C)n1. The third-order valence-electron chi connectivity index (χ3n) is 2.66. The molecule has 1 atom stereocenters. The minimum Gasteiger partial charge on any atom is -0.388 e. The molecule has 2 heteroatoms. The number of aromatic nitrogens is 1. The van der Waals surface area contributed by atoms with Gasteiger partial charge in [0.05, 0.1) is 6.10 Å². The summed E-state index contributed by atoms with van der Waals surface area (Å²) in [5.74, 6) is 0. The van der Waals surface area contributed by atoms with Crippen molar-refractivity contribution in [2.45, 2.75) is 53.6 Å². The van der Waals surface area contributed by atoms with Crippen molar-refractivity contribution in [2.24, 2.45) is 5.41 Å². The van der Waals surface area contributed by atoms with E-state index >= 15 is 0 Å². The molecule has 1 heterocycles. The predicted octanol–water partition coefficient (Wildman–Crippen LogP) is 3.56. The maximum atomic E-state index is 10.1. The number of nitrogens with zero attached hydrogens (tertiary/aromatic N) is 1. The van der Waals surface area contributed by atoms with Crippen LogP contribution in [0.4, 0.5) is 0 Å². The fraction of sp³-hybridized carbons (Fsp3) is 0.643. The van der Waals surface area contributed by atoms with Gasteiger partial charge in [0.2, 0.25) is 0 Å². The van der Waals surface area contributed by atoms with Crippen LogP contribution in [0.5, 0.6) is 0 Å². The molecule has 0 spiro atoms. The molecule has 0 aliphatic heterocycles. The summed E-state index contributed by atoms with van der Waals surface area (Å²) in [7, 11) is 0. The second kappa shape index (κ2) is 4.96. The molecular formula is C14H23NO. The van der Waals surface area contributed by atoms with E-state index in [0.29, 0.717) is 0 Å². The van der Waals surface area contributed by atoms with Crippen molar-refractivity contribution in [1.29, 1.82) is 0 Å². The van der Waals surface area contributed by atoms with Gasteiger partial charge in [-0.3, -0.25) is 4.98 Å². The van der Waals surface area contributed by atoms with Crippen LogP contribution in [0.2, 0.25) is 0 Å². The van der Waals surface area contributed by atoms with Gasteiger partial charge in [-0.1, -0.05) is 20.8 Å². The number of rotatable bonds is 3. The molecule has 0 bridgehead atoms. The monoisotopic (exact) mass is 221 g/mol. The molecule has 1 aromatic rings. The largest absolute Gasteiger partial charge is 0.388 e. The highest BCUT2D eigenvalue weighted by Gasteiger charge is 2.15. The number of hydrogen-bond donors (Lipinski definition) is 1. The Hall–Kier alpha value is -0.890. The van der Waals surface area contributed by atoms with Crippen LogP contribution in [-0.2, 0) is 0 Å². The minimum atomic E-state index is -0.361. The highest BCUT2D eigenvalue weighted by Crippen LogP contribution is 2.27. The molecule has 0 radical (unpaired) electrons. The van der Waals surface area contributed by atoms with Gasteiger partial charge in [-0.25, -0.2) is 0 Å². The molecule has 1 unspecified atom stereocenters. The van der Waals surface area contributed by atoms with Crippen LogP contribution in [0, 0.1) is 19.3 Å². The maximum absolute atomic E-state index is 10.1. The van der Waals surface area contributed by atoms with E-state index in [-0.39, 0.29) is 11.5 Å². The van der Waals surface area contributed by atoms with Gasteiger partial charge >= 0.3 is 0 Å². The van der Waals surface area contributed by atoms with Crippen LogP contribution in [0.1, 0.15) is 56.7 Å². The van der Waals surface area contributed by atoms with E-state index in [2.05, 4.69) is 25.8 Å². The quantitative estimate of drug-likeness (QED) is 0.846. The van der Waals surface area contributed by atoms with Gasteiger partial charge in [-0.05, 0) is 49.8 Å². The lowest BCUT2D eigenvalue weighted by atomic mass is 9.88. The standard InChI is InChI=1S/C14H23NO/c1-10-8-12(9-11(2)15-10)13(16)6-7-14(3,4)5/h8-9,13,16H,6-7H2,1-5H3. The Morgan fingerprint density at radius 2 is 1.69 bits per heavy atom. The third-order valence-corrected chi connectivity index (χ3v) is 2.66. The second-order valence-electron chi connectivity index (χ2n) is 5.80. The van der Waals surface area contributed by atoms with Gasteiger partial charge in [0.1, 0.15) is 0 Å². The Morgan fingerprint density at radius 3 is 2.12 bits per heavy atom. The van der Waals surface area contributed by atoms with E-state index < -0.39 is 0 Å². The number of aryl methyl sites for hydroxylation is 2. The normalized spacial score (nSPS) is 13.9. The van der Waals surface area contributed by atoms with Crippen LogP contribution in [0.3, 0.4) is 0 Å². The van der Waals surface area contributed by atoms with Crippen molar-refractivity contribution in [3.8, 4) is 0 Å². The smallest absolute Gasteiger partial charge is 0.0791 e. The summed E-state index contributed by atoms with van der Waals surface area (Å²) in [6, 6.07) is 3.95. The molecule has 16 heavy (non-hydrogen) atoms. The average Bonchev–Trinajstić information content (AvgIpc) is 2.11. The summed E-state index contributed by atoms with van der Waals surface area (Å²) in [6.45, 7) is 10.5. The summed E-state index contributed by atoms with van der Waals surface area (Å²) >= 11 is 0. The fourth-order valence-electron chi connectivity index (χ4n) is 1.80. The molecule has 1 N–H and O–H groups in total. The van der Waals surface area contributed by atoms with Crippen LogP contribution in [0.25, 0.3) is 0 Å². The highest BCUT2D eigenvalue weighted by atomic mass is 16.3. The zero-order valence-corrected chi connectivity index (χ0v) is 11.0. The van der Waals surface area contributed by atoms with Crippen LogP contribution in [-0.4, -0.2) is 10.1 Å². The van der Waals surface area contributed by atoms with Crippen molar-refractivity contribution in [2.75, 3.05) is 0 Å². The molecular weight excluding hydrogens is 198 g/mol. The Balaban J connectivity index is 2.69. The topological polar surface area (TPSA) is 33.1 Å². The molecule has 0 saturated carbocycles. The van der Waals surface area contributed by atoms with Crippen molar-refractivity contribution in [3.05, 3.63) is 29.1 Å². The first-order chi connectivity index (χ1) is 7.28. The lowest BCUT2D eigenvalue weighted by molar-refractivity contribution is 0.147. The molecule has 1 aromatic heterocycles. The zero-order valence-electron chi connectivity index (χ0n) is 11.0. The van der Waals surface area contributed by atoms with E-state index in [4.69, 9.17) is 0 Å². The molecule has 0 amide bonds. The molecule has 0 aliphatic rings. The van der Waals surface area contributed by atoms with Gasteiger partial charge in [-0.15, -0.1) is 0 Å². The Bertz CT molecular complexity index is 332. The van der Waals surface area contributed by atoms with Gasteiger partial charge in [-0.2, -0.15) is 0 Å². The first-order valence-corrected chi connectivity index (χ1v) is 5.91. The van der Waals surface area contributed by atoms with E-state index in [9.17, 15) is 5.11 Å². The highest BCUT2D eigenvalue weighted by molar-refractivity contribution is 5.22. The van der Waals surface area contributed by atoms with Gasteiger partial charge in [0.15, 0.2) is 0 Å². The molecule has 0 aromatic carbocycles. The summed E-state index contributed by atoms with van der Waals surface area (Å²) in [6.07, 6.45) is 1.47. The zero-order chi connectivity index (χ0) is 12.3. The summed E-state index contributed by atoms with van der Waals surface area (Å²) in [5.41, 5.74) is 3.22. The van der Waals surface area contributed by atoms with Crippen LogP contribution in [0.15, 0.2) is 12.1 Å². The number of hydrogen-bond acceptors (Lipinski definition) is 2. The average molecular weight is 221 g/mol. The number of aliphatic hydroxyl groups is 1. The van der Waals surface area contributed by atoms with E-state index in [1.54, 1.807) is 0 Å². The van der Waals surface area contributed by atoms with Gasteiger partial charge in [0, 0.05) is 11.4 Å². The van der Waals surface area contributed by atoms with Crippen molar-refractivity contribution >= 4 is 0 Å². The molecule has 0 fully saturated rings. The first kappa shape index (κ1) is 13.2. The lowest BCUT2D eigenvalue weighted by Gasteiger charge is -2.20. The van der Waals surface area contributed by atoms with Gasteiger partial charge < -0.3 is 5.11 Å². The Labute approximate surface area is 98.7 Å². The van der Waals surface area contributed by atoms with Crippen molar-refractivity contribution in [3.63, 3.8) is 0 Å². The van der Waals surface area contributed by atoms with Gasteiger partial charge in [0.25, 0.3) is 0 Å². The lowest BCUT2D eigenvalue weighted by Crippen LogP contribution is -2.08. The van der Waals surface area contributed by atoms with E-state index in [0.717, 1.165) is 29.8 Å². The van der Waals surface area contributed by atoms with Crippen molar-refractivity contribution in [1.82, 2.24) is 4.98 Å². The van der Waals surface area contributed by atoms with Crippen LogP contribution < -0.4 is 0 Å². The molecule has 1 rings (SSSR count). The number of pyridine rings is 1. The minimum absolute atomic E-state index is 0.276. The molecule has 90 valence electrons. The van der Waals surface area contributed by atoms with E-state index in [1.807, 2.05) is 26.0 Å². The molecule has 0 saturated heterocycles. The maximum Gasteiger partial charge on any atom is 0.0791 e. The molecule has 0 aliphatic carbocycles. The first-order valence-electron chi connectivity index (χ1n) is 5.91. The van der Waals surface area contributed by atoms with Crippen LogP contribution >= 0.6 is 0 Å². The summed E-state index contributed by atoms with van der Waals surface area (Å²) in [5, 5.41) is 10.1. The fourth-order valence-corrected chi connectivity index (χ4v) is 1.80. The Morgan fingerprint density at radius 1 is 1.19 bits per heavy atom. The summed E-state index contributed by atoms with van der Waals surface area (Å²) in [4.78, 5) is 4.31. The molecule has 2 nitrogen and oxygen atoms in total. The Kier molecular flexibility index (Phi) is 4.09. The second-order valence-corrected chi connectivity index (χ2v) is 5.80.